The van der Waals surface area contributed by atoms with E-state index in [2.05, 4.69) is 10.6 Å². The van der Waals surface area contributed by atoms with Gasteiger partial charge < -0.3 is 10.6 Å². The Kier molecular flexibility index (Phi) is 5.28. The summed E-state index contributed by atoms with van der Waals surface area (Å²) < 4.78 is 38.4. The van der Waals surface area contributed by atoms with E-state index < -0.39 is 27.3 Å². The summed E-state index contributed by atoms with van der Waals surface area (Å²) in [5.74, 6) is -1.52. The van der Waals surface area contributed by atoms with Gasteiger partial charge in [0, 0.05) is 11.3 Å². The second-order valence-corrected chi connectivity index (χ2v) is 8.72. The molecule has 0 radical (unpaired) electrons. The van der Waals surface area contributed by atoms with Gasteiger partial charge in [0.25, 0.3) is 0 Å². The fourth-order valence-electron chi connectivity index (χ4n) is 2.38. The van der Waals surface area contributed by atoms with Crippen molar-refractivity contribution < 1.29 is 22.4 Å². The number of para-hydroxylation sites is 1. The number of rotatable bonds is 5. The number of anilines is 2. The Labute approximate surface area is 154 Å². The summed E-state index contributed by atoms with van der Waals surface area (Å²) in [6, 6.07) is 10.1. The lowest BCUT2D eigenvalue weighted by molar-refractivity contribution is -0.116. The topological polar surface area (TPSA) is 92.3 Å². The molecule has 2 N–H and O–H groups in total. The minimum absolute atomic E-state index is 0.00316. The third-order valence-electron chi connectivity index (χ3n) is 3.69. The normalized spacial score (nSPS) is 13.7. The van der Waals surface area contributed by atoms with E-state index >= 15 is 0 Å². The Hall–Kier alpha value is -2.39. The number of fused-ring (bicyclic) bond motifs is 1. The molecule has 0 fully saturated rings. The molecule has 0 aromatic heterocycles. The largest absolute Gasteiger partial charge is 0.324 e. The second-order valence-electron chi connectivity index (χ2n) is 5.59. The van der Waals surface area contributed by atoms with Crippen LogP contribution in [0.2, 0.25) is 0 Å². The van der Waals surface area contributed by atoms with Gasteiger partial charge in [-0.1, -0.05) is 12.1 Å². The van der Waals surface area contributed by atoms with Crippen molar-refractivity contribution in [3.05, 3.63) is 48.3 Å². The molecule has 2 aromatic rings. The van der Waals surface area contributed by atoms with Gasteiger partial charge in [-0.25, -0.2) is 12.8 Å². The third kappa shape index (κ3) is 4.23. The van der Waals surface area contributed by atoms with Crippen molar-refractivity contribution in [1.29, 1.82) is 0 Å². The van der Waals surface area contributed by atoms with E-state index in [-0.39, 0.29) is 28.7 Å². The molecule has 6 nitrogen and oxygen atoms in total. The van der Waals surface area contributed by atoms with E-state index in [4.69, 9.17) is 0 Å². The predicted molar refractivity (Wildman–Crippen MR) is 97.5 cm³/mol. The highest BCUT2D eigenvalue weighted by atomic mass is 32.2. The van der Waals surface area contributed by atoms with E-state index in [1.54, 1.807) is 12.1 Å². The standard InChI is InChI=1S/C17H15FN2O4S2/c18-12-3-1-2-4-13(12)19-16(21)7-8-26(23,24)11-5-6-15-14(9-11)20-17(22)10-25-15/h1-6,9H,7-8,10H2,(H,19,21)(H,20,22). The lowest BCUT2D eigenvalue weighted by Gasteiger charge is -2.17. The van der Waals surface area contributed by atoms with Gasteiger partial charge in [0.2, 0.25) is 11.8 Å². The van der Waals surface area contributed by atoms with Crippen LogP contribution < -0.4 is 10.6 Å². The quantitative estimate of drug-likeness (QED) is 0.813. The van der Waals surface area contributed by atoms with Crippen LogP contribution in [-0.2, 0) is 19.4 Å². The summed E-state index contributed by atoms with van der Waals surface area (Å²) in [6.45, 7) is 0. The Morgan fingerprint density at radius 3 is 2.77 bits per heavy atom. The van der Waals surface area contributed by atoms with E-state index in [1.807, 2.05) is 0 Å². The van der Waals surface area contributed by atoms with Gasteiger partial charge in [-0.15, -0.1) is 11.8 Å². The molecule has 0 bridgehead atoms. The monoisotopic (exact) mass is 394 g/mol. The number of hydrogen-bond acceptors (Lipinski definition) is 5. The average Bonchev–Trinajstić information content (AvgIpc) is 2.61. The molecule has 0 saturated heterocycles. The highest BCUT2D eigenvalue weighted by Crippen LogP contribution is 2.33. The van der Waals surface area contributed by atoms with Gasteiger partial charge in [0.1, 0.15) is 5.82 Å². The van der Waals surface area contributed by atoms with Crippen LogP contribution in [0, 0.1) is 5.82 Å². The minimum Gasteiger partial charge on any atom is -0.324 e. The molecule has 0 aliphatic carbocycles. The van der Waals surface area contributed by atoms with Crippen molar-refractivity contribution in [2.24, 2.45) is 0 Å². The van der Waals surface area contributed by atoms with Gasteiger partial charge in [-0.3, -0.25) is 9.59 Å². The molecule has 3 rings (SSSR count). The van der Waals surface area contributed by atoms with Crippen LogP contribution in [0.5, 0.6) is 0 Å². The smallest absolute Gasteiger partial charge is 0.234 e. The molecule has 26 heavy (non-hydrogen) atoms. The van der Waals surface area contributed by atoms with Gasteiger partial charge >= 0.3 is 0 Å². The summed E-state index contributed by atoms with van der Waals surface area (Å²) in [6.07, 6.45) is -0.311. The van der Waals surface area contributed by atoms with Gasteiger partial charge in [-0.2, -0.15) is 0 Å². The Morgan fingerprint density at radius 2 is 2.00 bits per heavy atom. The lowest BCUT2D eigenvalue weighted by atomic mass is 10.3. The zero-order valence-electron chi connectivity index (χ0n) is 13.5. The van der Waals surface area contributed by atoms with Crippen molar-refractivity contribution >= 4 is 44.8 Å². The molecule has 0 saturated carbocycles. The molecule has 1 heterocycles. The number of nitrogens with one attached hydrogen (secondary N) is 2. The van der Waals surface area contributed by atoms with Gasteiger partial charge in [0.15, 0.2) is 9.84 Å². The first kappa shape index (κ1) is 18.4. The Morgan fingerprint density at radius 1 is 1.23 bits per heavy atom. The second kappa shape index (κ2) is 7.46. The van der Waals surface area contributed by atoms with Crippen molar-refractivity contribution in [3.8, 4) is 0 Å². The number of carbonyl (C=O) groups is 2. The lowest BCUT2D eigenvalue weighted by Crippen LogP contribution is -2.20. The van der Waals surface area contributed by atoms with Crippen LogP contribution in [0.25, 0.3) is 0 Å². The van der Waals surface area contributed by atoms with Gasteiger partial charge in [-0.05, 0) is 30.3 Å². The molecule has 136 valence electrons. The van der Waals surface area contributed by atoms with E-state index in [9.17, 15) is 22.4 Å². The average molecular weight is 394 g/mol. The number of sulfone groups is 1. The van der Waals surface area contributed by atoms with Crippen LogP contribution in [0.4, 0.5) is 15.8 Å². The maximum absolute atomic E-state index is 13.5. The third-order valence-corrected chi connectivity index (χ3v) is 6.48. The van der Waals surface area contributed by atoms with Crippen molar-refractivity contribution in [1.82, 2.24) is 0 Å². The molecule has 1 aliphatic heterocycles. The maximum atomic E-state index is 13.5. The number of benzene rings is 2. The summed E-state index contributed by atoms with van der Waals surface area (Å²) in [5, 5.41) is 4.98. The maximum Gasteiger partial charge on any atom is 0.234 e. The summed E-state index contributed by atoms with van der Waals surface area (Å²) in [4.78, 5) is 24.2. The highest BCUT2D eigenvalue weighted by molar-refractivity contribution is 8.00. The molecule has 9 heteroatoms. The molecule has 0 spiro atoms. The number of carbonyl (C=O) groups excluding carboxylic acids is 2. The molecule has 2 aromatic carbocycles. The number of hydrogen-bond donors (Lipinski definition) is 2. The predicted octanol–water partition coefficient (Wildman–Crippen LogP) is 2.67. The molecular formula is C17H15FN2O4S2. The Bertz CT molecular complexity index is 976. The van der Waals surface area contributed by atoms with Gasteiger partial charge in [0.05, 0.1) is 27.8 Å². The zero-order chi connectivity index (χ0) is 18.7. The SMILES string of the molecule is O=C(CCS(=O)(=O)c1ccc2c(c1)NC(=O)CS2)Nc1ccccc1F. The van der Waals surface area contributed by atoms with Crippen LogP contribution in [0.1, 0.15) is 6.42 Å². The summed E-state index contributed by atoms with van der Waals surface area (Å²) in [5.41, 5.74) is 0.451. The first-order chi connectivity index (χ1) is 12.3. The number of amides is 2. The summed E-state index contributed by atoms with van der Waals surface area (Å²) in [7, 11) is -3.72. The van der Waals surface area contributed by atoms with Crippen LogP contribution in [-0.4, -0.2) is 31.7 Å². The molecule has 0 unspecified atom stereocenters. The fourth-order valence-corrected chi connectivity index (χ4v) is 4.43. The van der Waals surface area contributed by atoms with Crippen molar-refractivity contribution in [3.63, 3.8) is 0 Å². The molecule has 2 amide bonds. The van der Waals surface area contributed by atoms with Crippen LogP contribution in [0.15, 0.2) is 52.3 Å². The highest BCUT2D eigenvalue weighted by Gasteiger charge is 2.21. The number of halogens is 1. The molecular weight excluding hydrogens is 379 g/mol. The fraction of sp³-hybridized carbons (Fsp3) is 0.176. The molecule has 1 aliphatic rings. The van der Waals surface area contributed by atoms with Crippen LogP contribution >= 0.6 is 11.8 Å². The first-order valence-electron chi connectivity index (χ1n) is 7.69. The van der Waals surface area contributed by atoms with Crippen molar-refractivity contribution in [2.75, 3.05) is 22.1 Å². The minimum atomic E-state index is -3.72. The Balaban J connectivity index is 1.67. The van der Waals surface area contributed by atoms with E-state index in [1.165, 1.54) is 42.1 Å². The molecule has 0 atom stereocenters. The van der Waals surface area contributed by atoms with E-state index in [0.29, 0.717) is 5.69 Å². The summed E-state index contributed by atoms with van der Waals surface area (Å²) >= 11 is 1.33. The number of thioether (sulfide) groups is 1. The first-order valence-corrected chi connectivity index (χ1v) is 10.3. The van der Waals surface area contributed by atoms with Crippen molar-refractivity contribution in [2.45, 2.75) is 16.2 Å². The van der Waals surface area contributed by atoms with Crippen LogP contribution in [0.3, 0.4) is 0 Å². The zero-order valence-corrected chi connectivity index (χ0v) is 15.1. The van der Waals surface area contributed by atoms with E-state index in [0.717, 1.165) is 4.90 Å².